The number of hydrogen-bond acceptors (Lipinski definition) is 7. The number of amides is 1. The molecule has 8 nitrogen and oxygen atoms in total. The predicted octanol–water partition coefficient (Wildman–Crippen LogP) is 5.05. The Balaban J connectivity index is 1.81. The molecule has 1 N–H and O–H groups in total. The minimum absolute atomic E-state index is 0.0412. The molecule has 1 aromatic carbocycles. The maximum Gasteiger partial charge on any atom is 0.355 e. The third-order valence-corrected chi connectivity index (χ3v) is 8.61. The summed E-state index contributed by atoms with van der Waals surface area (Å²) in [5.74, 6) is -1.14. The van der Waals surface area contributed by atoms with Gasteiger partial charge in [-0.2, -0.15) is 4.98 Å². The molecular formula is C31H34F2N6O2S. The molecule has 42 heavy (non-hydrogen) atoms. The standard InChI is InChI=1S/C31H34F2N6O2S/c1-7-24(40)37-13-14-38(19(5)16-37)29-20-15-22(33)27(25-21(32)9-8-10-23(25)42-6)35-30(20)39(31(41)36-29)28-18(4)11-12-34-26(28)17(2)3/h7-12,15,17,19,26,34H,1,13-14,16H2,2-6H3/t19-,26?/m0/s1. The van der Waals surface area contributed by atoms with E-state index in [1.54, 1.807) is 23.3 Å². The van der Waals surface area contributed by atoms with E-state index in [9.17, 15) is 9.59 Å². The van der Waals surface area contributed by atoms with Gasteiger partial charge >= 0.3 is 5.69 Å². The number of aromatic nitrogens is 3. The minimum Gasteiger partial charge on any atom is -0.382 e. The summed E-state index contributed by atoms with van der Waals surface area (Å²) in [6.07, 6.45) is 6.77. The van der Waals surface area contributed by atoms with Gasteiger partial charge in [0.25, 0.3) is 0 Å². The van der Waals surface area contributed by atoms with Crippen molar-refractivity contribution in [2.45, 2.75) is 44.7 Å². The summed E-state index contributed by atoms with van der Waals surface area (Å²) in [5.41, 5.74) is 0.960. The number of allylic oxidation sites excluding steroid dienone is 2. The van der Waals surface area contributed by atoms with Crippen molar-refractivity contribution in [2.24, 2.45) is 5.92 Å². The summed E-state index contributed by atoms with van der Waals surface area (Å²) in [6.45, 7) is 12.6. The van der Waals surface area contributed by atoms with Gasteiger partial charge in [0, 0.05) is 30.6 Å². The number of thioether (sulfide) groups is 1. The SMILES string of the molecule is C=CC(=O)N1CCN(c2nc(=O)n(C3=C(C)C=CNC3C(C)C)c3nc(-c4c(F)cccc4SC)c(F)cc23)[C@@H](C)C1. The molecule has 0 bridgehead atoms. The Bertz CT molecular complexity index is 1700. The Kier molecular flexibility index (Phi) is 8.23. The number of carbonyl (C=O) groups excluding carboxylic acids is 1. The summed E-state index contributed by atoms with van der Waals surface area (Å²) in [6, 6.07) is 5.38. The Labute approximate surface area is 247 Å². The second-order valence-electron chi connectivity index (χ2n) is 10.9. The van der Waals surface area contributed by atoms with Crippen LogP contribution in [0.2, 0.25) is 0 Å². The number of rotatable bonds is 6. The van der Waals surface area contributed by atoms with Gasteiger partial charge in [0.05, 0.1) is 22.7 Å². The van der Waals surface area contributed by atoms with Crippen LogP contribution in [-0.2, 0) is 4.79 Å². The maximum atomic E-state index is 16.0. The van der Waals surface area contributed by atoms with Crippen LogP contribution in [0.3, 0.4) is 0 Å². The number of fused-ring (bicyclic) bond motifs is 1. The Morgan fingerprint density at radius 2 is 1.98 bits per heavy atom. The van der Waals surface area contributed by atoms with Gasteiger partial charge in [-0.3, -0.25) is 4.79 Å². The zero-order chi connectivity index (χ0) is 30.3. The molecule has 1 saturated heterocycles. The van der Waals surface area contributed by atoms with E-state index < -0.39 is 17.3 Å². The van der Waals surface area contributed by atoms with Crippen LogP contribution in [0.5, 0.6) is 0 Å². The number of nitrogens with one attached hydrogen (secondary N) is 1. The van der Waals surface area contributed by atoms with Gasteiger partial charge in [0.1, 0.15) is 17.3 Å². The van der Waals surface area contributed by atoms with Gasteiger partial charge in [-0.25, -0.2) is 23.1 Å². The third kappa shape index (κ3) is 5.10. The molecule has 1 amide bonds. The summed E-state index contributed by atoms with van der Waals surface area (Å²) >= 11 is 1.29. The van der Waals surface area contributed by atoms with Gasteiger partial charge in [-0.15, -0.1) is 11.8 Å². The smallest absolute Gasteiger partial charge is 0.355 e. The van der Waals surface area contributed by atoms with Crippen molar-refractivity contribution in [2.75, 3.05) is 30.8 Å². The lowest BCUT2D eigenvalue weighted by Gasteiger charge is -2.40. The van der Waals surface area contributed by atoms with E-state index in [1.807, 2.05) is 44.9 Å². The Morgan fingerprint density at radius 3 is 2.64 bits per heavy atom. The van der Waals surface area contributed by atoms with Gasteiger partial charge < -0.3 is 15.1 Å². The lowest BCUT2D eigenvalue weighted by molar-refractivity contribution is -0.126. The Morgan fingerprint density at radius 1 is 1.21 bits per heavy atom. The molecule has 4 heterocycles. The van der Waals surface area contributed by atoms with Gasteiger partial charge in [0.2, 0.25) is 5.91 Å². The lowest BCUT2D eigenvalue weighted by atomic mass is 9.95. The third-order valence-electron chi connectivity index (χ3n) is 7.83. The monoisotopic (exact) mass is 592 g/mol. The average molecular weight is 593 g/mol. The zero-order valence-electron chi connectivity index (χ0n) is 24.3. The van der Waals surface area contributed by atoms with Gasteiger partial charge in [0.15, 0.2) is 11.5 Å². The number of hydrogen-bond donors (Lipinski definition) is 1. The first-order valence-electron chi connectivity index (χ1n) is 13.8. The first kappa shape index (κ1) is 29.5. The molecule has 0 aliphatic carbocycles. The number of anilines is 1. The van der Waals surface area contributed by atoms with Gasteiger partial charge in [-0.1, -0.05) is 26.5 Å². The fourth-order valence-electron chi connectivity index (χ4n) is 5.73. The molecule has 2 atom stereocenters. The molecule has 1 fully saturated rings. The molecule has 0 spiro atoms. The first-order valence-corrected chi connectivity index (χ1v) is 15.1. The molecule has 0 saturated carbocycles. The predicted molar refractivity (Wildman–Crippen MR) is 164 cm³/mol. The van der Waals surface area contributed by atoms with E-state index in [-0.39, 0.29) is 46.6 Å². The second kappa shape index (κ2) is 11.7. The molecule has 1 unspecified atom stereocenters. The van der Waals surface area contributed by atoms with Crippen molar-refractivity contribution in [1.82, 2.24) is 24.8 Å². The molecule has 3 aromatic rings. The molecule has 11 heteroatoms. The summed E-state index contributed by atoms with van der Waals surface area (Å²) in [7, 11) is 0. The number of carbonyl (C=O) groups is 1. The molecule has 2 aromatic heterocycles. The Hall–Kier alpha value is -3.99. The minimum atomic E-state index is -0.725. The summed E-state index contributed by atoms with van der Waals surface area (Å²) < 4.78 is 32.7. The highest BCUT2D eigenvalue weighted by Gasteiger charge is 2.32. The van der Waals surface area contributed by atoms with Crippen LogP contribution < -0.4 is 15.9 Å². The van der Waals surface area contributed by atoms with E-state index >= 15 is 8.78 Å². The summed E-state index contributed by atoms with van der Waals surface area (Å²) in [4.78, 5) is 39.6. The maximum absolute atomic E-state index is 16.0. The highest BCUT2D eigenvalue weighted by Crippen LogP contribution is 2.37. The molecule has 5 rings (SSSR count). The van der Waals surface area contributed by atoms with Crippen molar-refractivity contribution in [3.8, 4) is 11.3 Å². The van der Waals surface area contributed by atoms with Crippen LogP contribution in [0.25, 0.3) is 28.0 Å². The van der Waals surface area contributed by atoms with Crippen LogP contribution >= 0.6 is 11.8 Å². The van der Waals surface area contributed by atoms with Crippen molar-refractivity contribution in [1.29, 1.82) is 0 Å². The fraction of sp³-hybridized carbons (Fsp3) is 0.355. The molecule has 0 radical (unpaired) electrons. The van der Waals surface area contributed by atoms with Crippen molar-refractivity contribution >= 4 is 40.2 Å². The summed E-state index contributed by atoms with van der Waals surface area (Å²) in [5, 5.41) is 3.66. The van der Waals surface area contributed by atoms with E-state index in [4.69, 9.17) is 4.98 Å². The van der Waals surface area contributed by atoms with Crippen molar-refractivity contribution in [3.05, 3.63) is 76.9 Å². The van der Waals surface area contributed by atoms with Crippen molar-refractivity contribution < 1.29 is 13.6 Å². The number of nitrogens with zero attached hydrogens (tertiary/aromatic N) is 5. The lowest BCUT2D eigenvalue weighted by Crippen LogP contribution is -2.54. The molecule has 220 valence electrons. The number of dihydropyridines is 1. The topological polar surface area (TPSA) is 83.4 Å². The van der Waals surface area contributed by atoms with E-state index in [1.165, 1.54) is 34.5 Å². The number of pyridine rings is 1. The van der Waals surface area contributed by atoms with Crippen LogP contribution in [0.4, 0.5) is 14.6 Å². The average Bonchev–Trinajstić information content (AvgIpc) is 2.96. The van der Waals surface area contributed by atoms with E-state index in [2.05, 4.69) is 16.9 Å². The van der Waals surface area contributed by atoms with E-state index in [0.717, 1.165) is 5.57 Å². The quantitative estimate of drug-likeness (QED) is 0.317. The molecule has 2 aliphatic rings. The van der Waals surface area contributed by atoms with Gasteiger partial charge in [-0.05, 0) is 68.1 Å². The number of piperazine rings is 1. The normalized spacial score (nSPS) is 19.0. The molecule has 2 aliphatic heterocycles. The zero-order valence-corrected chi connectivity index (χ0v) is 25.1. The fourth-order valence-corrected chi connectivity index (χ4v) is 6.35. The highest BCUT2D eigenvalue weighted by atomic mass is 32.2. The highest BCUT2D eigenvalue weighted by molar-refractivity contribution is 7.98. The number of halogens is 2. The van der Waals surface area contributed by atoms with E-state index in [0.29, 0.717) is 35.6 Å². The van der Waals surface area contributed by atoms with Crippen LogP contribution in [0, 0.1) is 17.6 Å². The van der Waals surface area contributed by atoms with Crippen LogP contribution in [-0.4, -0.2) is 63.3 Å². The van der Waals surface area contributed by atoms with Crippen LogP contribution in [0.1, 0.15) is 27.7 Å². The first-order chi connectivity index (χ1) is 20.1. The van der Waals surface area contributed by atoms with Crippen LogP contribution in [0.15, 0.2) is 64.5 Å². The second-order valence-corrected chi connectivity index (χ2v) is 11.7. The van der Waals surface area contributed by atoms with Crippen molar-refractivity contribution in [3.63, 3.8) is 0 Å². The molecular weight excluding hydrogens is 558 g/mol. The number of benzene rings is 1. The largest absolute Gasteiger partial charge is 0.382 e.